The van der Waals surface area contributed by atoms with Crippen LogP contribution in [0.15, 0.2) is 59.5 Å². The average Bonchev–Trinajstić information content (AvgIpc) is 2.34. The molecule has 3 nitrogen and oxygen atoms in total. The molecule has 0 amide bonds. The molecule has 90 valence electrons. The molecule has 3 aromatic rings. The van der Waals surface area contributed by atoms with Gasteiger partial charge in [-0.15, -0.1) is 0 Å². The second-order valence-electron chi connectivity index (χ2n) is 4.13. The van der Waals surface area contributed by atoms with Crippen molar-refractivity contribution in [3.8, 4) is 0 Å². The van der Waals surface area contributed by atoms with Crippen molar-refractivity contribution < 1.29 is 31.8 Å². The molecule has 0 aliphatic rings. The SMILES string of the molecule is O=S(=O)([O-])c1cccc2cc3ccccc3cc12.[Li+]. The van der Waals surface area contributed by atoms with Gasteiger partial charge in [0.1, 0.15) is 10.1 Å². The molecule has 0 aliphatic carbocycles. The Kier molecular flexibility index (Phi) is 3.70. The molecule has 3 aromatic carbocycles. The fraction of sp³-hybridized carbons (Fsp3) is 0. The third-order valence-electron chi connectivity index (χ3n) is 2.98. The smallest absolute Gasteiger partial charge is 0.744 e. The molecule has 0 radical (unpaired) electrons. The van der Waals surface area contributed by atoms with E-state index in [1.165, 1.54) is 6.07 Å². The van der Waals surface area contributed by atoms with E-state index in [-0.39, 0.29) is 23.8 Å². The Morgan fingerprint density at radius 3 is 2.00 bits per heavy atom. The molecular weight excluding hydrogens is 255 g/mol. The molecule has 0 unspecified atom stereocenters. The van der Waals surface area contributed by atoms with E-state index in [4.69, 9.17) is 0 Å². The molecule has 0 N–H and O–H groups in total. The van der Waals surface area contributed by atoms with Crippen LogP contribution in [-0.2, 0) is 10.1 Å². The fourth-order valence-electron chi connectivity index (χ4n) is 2.16. The van der Waals surface area contributed by atoms with Crippen LogP contribution in [0.5, 0.6) is 0 Å². The van der Waals surface area contributed by atoms with E-state index in [0.717, 1.165) is 16.2 Å². The molecule has 3 rings (SSSR count). The topological polar surface area (TPSA) is 57.2 Å². The van der Waals surface area contributed by atoms with Gasteiger partial charge in [0.25, 0.3) is 0 Å². The first kappa shape index (κ1) is 14.1. The maximum atomic E-state index is 11.2. The summed E-state index contributed by atoms with van der Waals surface area (Å²) in [5.74, 6) is 0. The summed E-state index contributed by atoms with van der Waals surface area (Å²) < 4.78 is 33.7. The van der Waals surface area contributed by atoms with Crippen LogP contribution in [0, 0.1) is 0 Å². The Morgan fingerprint density at radius 2 is 1.37 bits per heavy atom. The van der Waals surface area contributed by atoms with Crippen LogP contribution in [0.3, 0.4) is 0 Å². The fourth-order valence-corrected chi connectivity index (χ4v) is 2.85. The van der Waals surface area contributed by atoms with Crippen molar-refractivity contribution in [3.05, 3.63) is 54.6 Å². The number of fused-ring (bicyclic) bond motifs is 2. The molecule has 0 atom stereocenters. The van der Waals surface area contributed by atoms with Crippen molar-refractivity contribution in [2.24, 2.45) is 0 Å². The predicted molar refractivity (Wildman–Crippen MR) is 69.4 cm³/mol. The van der Waals surface area contributed by atoms with E-state index >= 15 is 0 Å². The van der Waals surface area contributed by atoms with Crippen molar-refractivity contribution in [1.29, 1.82) is 0 Å². The molecule has 0 fully saturated rings. The zero-order chi connectivity index (χ0) is 12.8. The van der Waals surface area contributed by atoms with E-state index in [0.29, 0.717) is 5.39 Å². The minimum atomic E-state index is -4.45. The molecule has 0 aliphatic heterocycles. The minimum Gasteiger partial charge on any atom is -0.744 e. The normalized spacial score (nSPS) is 11.4. The van der Waals surface area contributed by atoms with Crippen molar-refractivity contribution in [1.82, 2.24) is 0 Å². The first-order valence-electron chi connectivity index (χ1n) is 5.43. The Balaban J connectivity index is 0.00000133. The largest absolute Gasteiger partial charge is 1.00 e. The Bertz CT molecular complexity index is 857. The molecule has 0 aromatic heterocycles. The van der Waals surface area contributed by atoms with Gasteiger partial charge < -0.3 is 4.55 Å². The van der Waals surface area contributed by atoms with Gasteiger partial charge in [-0.3, -0.25) is 0 Å². The summed E-state index contributed by atoms with van der Waals surface area (Å²) in [5, 5.41) is 3.17. The minimum absolute atomic E-state index is 0. The van der Waals surface area contributed by atoms with E-state index in [1.54, 1.807) is 18.2 Å². The van der Waals surface area contributed by atoms with Gasteiger partial charge in [0.2, 0.25) is 0 Å². The zero-order valence-electron chi connectivity index (χ0n) is 10.3. The van der Waals surface area contributed by atoms with Crippen LogP contribution < -0.4 is 18.9 Å². The van der Waals surface area contributed by atoms with Crippen LogP contribution >= 0.6 is 0 Å². The molecule has 0 saturated heterocycles. The van der Waals surface area contributed by atoms with Gasteiger partial charge >= 0.3 is 18.9 Å². The van der Waals surface area contributed by atoms with Gasteiger partial charge in [-0.25, -0.2) is 8.42 Å². The van der Waals surface area contributed by atoms with Gasteiger partial charge in [-0.1, -0.05) is 36.4 Å². The van der Waals surface area contributed by atoms with Crippen molar-refractivity contribution in [2.75, 3.05) is 0 Å². The van der Waals surface area contributed by atoms with Gasteiger partial charge in [-0.2, -0.15) is 0 Å². The molecule has 0 spiro atoms. The summed E-state index contributed by atoms with van der Waals surface area (Å²) in [6.07, 6.45) is 0. The number of hydrogen-bond acceptors (Lipinski definition) is 3. The molecule has 5 heteroatoms. The standard InChI is InChI=1S/C14H10O3S.Li/c15-18(16,17)14-7-3-6-12-8-10-4-1-2-5-11(10)9-13(12)14;/h1-9H,(H,15,16,17);/q;+1/p-1. The zero-order valence-corrected chi connectivity index (χ0v) is 11.1. The Morgan fingerprint density at radius 1 is 0.789 bits per heavy atom. The summed E-state index contributed by atoms with van der Waals surface area (Å²) >= 11 is 0. The van der Waals surface area contributed by atoms with Crippen molar-refractivity contribution in [2.45, 2.75) is 4.90 Å². The molecular formula is C14H9LiO3S. The summed E-state index contributed by atoms with van der Waals surface area (Å²) in [6.45, 7) is 0. The predicted octanol–water partition coefficient (Wildman–Crippen LogP) is -0.0989. The summed E-state index contributed by atoms with van der Waals surface area (Å²) in [4.78, 5) is -0.161. The average molecular weight is 264 g/mol. The van der Waals surface area contributed by atoms with E-state index in [2.05, 4.69) is 0 Å². The van der Waals surface area contributed by atoms with Gasteiger partial charge in [-0.05, 0) is 39.7 Å². The summed E-state index contributed by atoms with van der Waals surface area (Å²) in [5.41, 5.74) is 0. The third-order valence-corrected chi connectivity index (χ3v) is 3.87. The van der Waals surface area contributed by atoms with Crippen molar-refractivity contribution in [3.63, 3.8) is 0 Å². The third kappa shape index (κ3) is 2.53. The number of hydrogen-bond donors (Lipinski definition) is 0. The Labute approximate surface area is 123 Å². The summed E-state index contributed by atoms with van der Waals surface area (Å²) in [7, 11) is -4.45. The number of benzene rings is 3. The molecule has 0 bridgehead atoms. The molecule has 0 saturated carbocycles. The van der Waals surface area contributed by atoms with Crippen LogP contribution in [0.4, 0.5) is 0 Å². The molecule has 0 heterocycles. The first-order valence-corrected chi connectivity index (χ1v) is 6.84. The monoisotopic (exact) mass is 264 g/mol. The van der Waals surface area contributed by atoms with Crippen molar-refractivity contribution >= 4 is 31.7 Å². The quantitative estimate of drug-likeness (QED) is 0.350. The Hall–Kier alpha value is -1.31. The molecule has 19 heavy (non-hydrogen) atoms. The van der Waals surface area contributed by atoms with Crippen LogP contribution in [0.2, 0.25) is 0 Å². The van der Waals surface area contributed by atoms with Crippen LogP contribution in [0.25, 0.3) is 21.5 Å². The van der Waals surface area contributed by atoms with Gasteiger partial charge in [0.15, 0.2) is 0 Å². The van der Waals surface area contributed by atoms with E-state index < -0.39 is 10.1 Å². The maximum Gasteiger partial charge on any atom is 1.00 e. The van der Waals surface area contributed by atoms with Gasteiger partial charge in [0, 0.05) is 0 Å². The number of rotatable bonds is 1. The van der Waals surface area contributed by atoms with Crippen LogP contribution in [0.1, 0.15) is 0 Å². The second-order valence-corrected chi connectivity index (χ2v) is 5.48. The van der Waals surface area contributed by atoms with Crippen LogP contribution in [-0.4, -0.2) is 13.0 Å². The maximum absolute atomic E-state index is 11.2. The van der Waals surface area contributed by atoms with E-state index in [1.807, 2.05) is 30.3 Å². The van der Waals surface area contributed by atoms with Gasteiger partial charge in [0.05, 0.1) is 4.90 Å². The van der Waals surface area contributed by atoms with E-state index in [9.17, 15) is 13.0 Å². The first-order chi connectivity index (χ1) is 8.55. The summed E-state index contributed by atoms with van der Waals surface area (Å²) in [6, 6.07) is 16.0. The second kappa shape index (κ2) is 4.99.